The number of nitrogens with one attached hydrogen (secondary N) is 2. The number of para-hydroxylation sites is 1. The van der Waals surface area contributed by atoms with Crippen molar-refractivity contribution < 1.29 is 4.79 Å². The van der Waals surface area contributed by atoms with E-state index in [0.29, 0.717) is 17.8 Å². The number of aromatic amines is 1. The van der Waals surface area contributed by atoms with E-state index in [-0.39, 0.29) is 22.7 Å². The van der Waals surface area contributed by atoms with Crippen LogP contribution in [0.3, 0.4) is 0 Å². The summed E-state index contributed by atoms with van der Waals surface area (Å²) in [7, 11) is 0. The quantitative estimate of drug-likeness (QED) is 0.688. The van der Waals surface area contributed by atoms with Gasteiger partial charge in [-0.05, 0) is 29.5 Å². The number of aromatic nitrogens is 2. The molecule has 2 aliphatic rings. The van der Waals surface area contributed by atoms with Crippen molar-refractivity contribution in [3.05, 3.63) is 93.4 Å². The van der Waals surface area contributed by atoms with E-state index in [4.69, 9.17) is 0 Å². The molecule has 5 nitrogen and oxygen atoms in total. The third-order valence-corrected chi connectivity index (χ3v) is 5.85. The van der Waals surface area contributed by atoms with Gasteiger partial charge in [0, 0.05) is 23.6 Å². The molecule has 0 spiro atoms. The van der Waals surface area contributed by atoms with E-state index in [1.807, 2.05) is 60.7 Å². The van der Waals surface area contributed by atoms with Crippen molar-refractivity contribution in [3.63, 3.8) is 0 Å². The minimum Gasteiger partial charge on any atom is -0.343 e. The number of carbonyl (C=O) groups excluding carboxylic acids is 1. The van der Waals surface area contributed by atoms with E-state index < -0.39 is 0 Å². The van der Waals surface area contributed by atoms with Gasteiger partial charge in [-0.25, -0.2) is 4.68 Å². The minimum absolute atomic E-state index is 0.107. The molecule has 2 aromatic carbocycles. The average Bonchev–Trinajstić information content (AvgIpc) is 3.03. The maximum atomic E-state index is 13.5. The lowest BCUT2D eigenvalue weighted by molar-refractivity contribution is -0.118. The van der Waals surface area contributed by atoms with E-state index >= 15 is 0 Å². The highest BCUT2D eigenvalue weighted by molar-refractivity contribution is 6.01. The summed E-state index contributed by atoms with van der Waals surface area (Å²) in [5, 5.41) is 6.64. The van der Waals surface area contributed by atoms with Crippen LogP contribution in [0.2, 0.25) is 0 Å². The SMILES string of the molecule is CC1(C)CC(=O)C2=C(C1)Nc1[nH]n(-c3ccccc3)c(=O)c1[C@H]2c1ccccc1. The maximum Gasteiger partial charge on any atom is 0.277 e. The highest BCUT2D eigenvalue weighted by Gasteiger charge is 2.42. The summed E-state index contributed by atoms with van der Waals surface area (Å²) in [6, 6.07) is 19.4. The molecule has 0 saturated carbocycles. The first-order valence-electron chi connectivity index (χ1n) is 9.93. The van der Waals surface area contributed by atoms with Crippen molar-refractivity contribution in [2.45, 2.75) is 32.6 Å². The molecule has 29 heavy (non-hydrogen) atoms. The van der Waals surface area contributed by atoms with Gasteiger partial charge < -0.3 is 5.32 Å². The predicted octanol–water partition coefficient (Wildman–Crippen LogP) is 4.37. The highest BCUT2D eigenvalue weighted by atomic mass is 16.1. The number of H-pyrrole nitrogens is 1. The molecule has 0 fully saturated rings. The van der Waals surface area contributed by atoms with Gasteiger partial charge in [0.1, 0.15) is 5.82 Å². The molecule has 0 bridgehead atoms. The molecular formula is C24H23N3O2. The Morgan fingerprint density at radius 1 is 0.931 bits per heavy atom. The molecule has 3 aromatic rings. The van der Waals surface area contributed by atoms with E-state index in [1.165, 1.54) is 0 Å². The molecule has 1 aliphatic heterocycles. The molecule has 0 unspecified atom stereocenters. The number of fused-ring (bicyclic) bond motifs is 1. The summed E-state index contributed by atoms with van der Waals surface area (Å²) in [4.78, 5) is 26.7. The van der Waals surface area contributed by atoms with Crippen molar-refractivity contribution in [2.75, 3.05) is 5.32 Å². The van der Waals surface area contributed by atoms with Gasteiger partial charge >= 0.3 is 0 Å². The Morgan fingerprint density at radius 2 is 1.59 bits per heavy atom. The Balaban J connectivity index is 1.75. The number of Topliss-reactive ketones (excluding diaryl/α,β-unsaturated/α-hetero) is 1. The lowest BCUT2D eigenvalue weighted by Gasteiger charge is -2.37. The average molecular weight is 385 g/mol. The number of carbonyl (C=O) groups is 1. The van der Waals surface area contributed by atoms with Gasteiger partial charge in [-0.15, -0.1) is 0 Å². The second kappa shape index (κ2) is 6.34. The zero-order chi connectivity index (χ0) is 20.2. The molecule has 0 amide bonds. The van der Waals surface area contributed by atoms with Gasteiger partial charge in [-0.1, -0.05) is 62.4 Å². The van der Waals surface area contributed by atoms with Crippen LogP contribution in [0, 0.1) is 5.41 Å². The highest BCUT2D eigenvalue weighted by Crippen LogP contribution is 2.47. The lowest BCUT2D eigenvalue weighted by atomic mass is 9.69. The van der Waals surface area contributed by atoms with Crippen molar-refractivity contribution in [1.29, 1.82) is 0 Å². The van der Waals surface area contributed by atoms with Gasteiger partial charge in [-0.2, -0.15) is 0 Å². The molecule has 2 N–H and O–H groups in total. The smallest absolute Gasteiger partial charge is 0.277 e. The third-order valence-electron chi connectivity index (χ3n) is 5.85. The molecule has 0 saturated heterocycles. The Bertz CT molecular complexity index is 1180. The van der Waals surface area contributed by atoms with Crippen LogP contribution >= 0.6 is 0 Å². The standard InChI is InChI=1S/C24H23N3O2/c1-24(2)13-17-20(18(28)14-24)19(15-9-5-3-6-10-15)21-22(25-17)26-27(23(21)29)16-11-7-4-8-12-16/h3-12,19,25-26H,13-14H2,1-2H3/t19-/m0/s1. The fraction of sp³-hybridized carbons (Fsp3) is 0.250. The number of rotatable bonds is 2. The van der Waals surface area contributed by atoms with Gasteiger partial charge in [-0.3, -0.25) is 14.7 Å². The maximum absolute atomic E-state index is 13.5. The third kappa shape index (κ3) is 2.85. The predicted molar refractivity (Wildman–Crippen MR) is 113 cm³/mol. The molecule has 1 aliphatic carbocycles. The number of hydrogen-bond donors (Lipinski definition) is 2. The number of hydrogen-bond acceptors (Lipinski definition) is 3. The number of ketones is 1. The summed E-state index contributed by atoms with van der Waals surface area (Å²) in [6.07, 6.45) is 1.26. The summed E-state index contributed by atoms with van der Waals surface area (Å²) in [5.41, 5.74) is 3.76. The molecule has 146 valence electrons. The Morgan fingerprint density at radius 3 is 2.28 bits per heavy atom. The second-order valence-corrected chi connectivity index (χ2v) is 8.68. The van der Waals surface area contributed by atoms with Crippen molar-refractivity contribution in [2.24, 2.45) is 5.41 Å². The van der Waals surface area contributed by atoms with Crippen LogP contribution in [-0.2, 0) is 4.79 Å². The van der Waals surface area contributed by atoms with E-state index in [2.05, 4.69) is 24.3 Å². The Labute approximate surface area is 169 Å². The zero-order valence-corrected chi connectivity index (χ0v) is 16.5. The number of allylic oxidation sites excluding steroid dienone is 2. The van der Waals surface area contributed by atoms with Crippen LogP contribution < -0.4 is 10.9 Å². The van der Waals surface area contributed by atoms with Crippen molar-refractivity contribution in [1.82, 2.24) is 9.78 Å². The lowest BCUT2D eigenvalue weighted by Crippen LogP contribution is -2.35. The van der Waals surface area contributed by atoms with E-state index in [9.17, 15) is 9.59 Å². The summed E-state index contributed by atoms with van der Waals surface area (Å²) < 4.78 is 1.56. The van der Waals surface area contributed by atoms with Crippen LogP contribution in [-0.4, -0.2) is 15.6 Å². The normalized spacial score (nSPS) is 20.1. The fourth-order valence-corrected chi connectivity index (χ4v) is 4.63. The van der Waals surface area contributed by atoms with Gasteiger partial charge in [0.15, 0.2) is 5.78 Å². The number of anilines is 1. The summed E-state index contributed by atoms with van der Waals surface area (Å²) >= 11 is 0. The molecule has 2 heterocycles. The molecular weight excluding hydrogens is 362 g/mol. The summed E-state index contributed by atoms with van der Waals surface area (Å²) in [5.74, 6) is 0.437. The monoisotopic (exact) mass is 385 g/mol. The number of benzene rings is 2. The van der Waals surface area contributed by atoms with E-state index in [1.54, 1.807) is 4.68 Å². The van der Waals surface area contributed by atoms with Crippen LogP contribution in [0.5, 0.6) is 0 Å². The molecule has 5 rings (SSSR count). The van der Waals surface area contributed by atoms with Crippen LogP contribution in [0.15, 0.2) is 76.7 Å². The molecule has 1 atom stereocenters. The Hall–Kier alpha value is -3.34. The largest absolute Gasteiger partial charge is 0.343 e. The van der Waals surface area contributed by atoms with Gasteiger partial charge in [0.25, 0.3) is 5.56 Å². The summed E-state index contributed by atoms with van der Waals surface area (Å²) in [6.45, 7) is 4.22. The van der Waals surface area contributed by atoms with Crippen LogP contribution in [0.1, 0.15) is 43.7 Å². The van der Waals surface area contributed by atoms with E-state index in [0.717, 1.165) is 28.9 Å². The fourth-order valence-electron chi connectivity index (χ4n) is 4.63. The molecule has 1 aromatic heterocycles. The van der Waals surface area contributed by atoms with Crippen molar-refractivity contribution >= 4 is 11.6 Å². The van der Waals surface area contributed by atoms with Crippen LogP contribution in [0.4, 0.5) is 5.82 Å². The topological polar surface area (TPSA) is 66.9 Å². The van der Waals surface area contributed by atoms with Crippen LogP contribution in [0.25, 0.3) is 5.69 Å². The molecule has 0 radical (unpaired) electrons. The zero-order valence-electron chi connectivity index (χ0n) is 16.5. The minimum atomic E-state index is -0.361. The second-order valence-electron chi connectivity index (χ2n) is 8.68. The Kier molecular flexibility index (Phi) is 3.88. The number of nitrogens with zero attached hydrogens (tertiary/aromatic N) is 1. The van der Waals surface area contributed by atoms with Gasteiger partial charge in [0.05, 0.1) is 11.3 Å². The molecule has 5 heteroatoms. The first kappa shape index (κ1) is 17.7. The van der Waals surface area contributed by atoms with Crippen molar-refractivity contribution in [3.8, 4) is 5.69 Å². The first-order valence-corrected chi connectivity index (χ1v) is 9.93. The first-order chi connectivity index (χ1) is 13.9. The van der Waals surface area contributed by atoms with Gasteiger partial charge in [0.2, 0.25) is 0 Å².